The lowest BCUT2D eigenvalue weighted by Gasteiger charge is -2.23. The van der Waals surface area contributed by atoms with E-state index >= 15 is 0 Å². The molecule has 5 nitrogen and oxygen atoms in total. The average Bonchev–Trinajstić information content (AvgIpc) is 2.48. The lowest BCUT2D eigenvalue weighted by Crippen LogP contribution is -2.14. The quantitative estimate of drug-likeness (QED) is 0.645. The zero-order valence-corrected chi connectivity index (χ0v) is 12.1. The van der Waals surface area contributed by atoms with Crippen molar-refractivity contribution >= 4 is 5.82 Å². The number of nitrogens with one attached hydrogen (secondary N) is 1. The summed E-state index contributed by atoms with van der Waals surface area (Å²) in [5.74, 6) is 7.00. The van der Waals surface area contributed by atoms with Crippen molar-refractivity contribution in [3.8, 4) is 11.6 Å². The van der Waals surface area contributed by atoms with E-state index in [0.29, 0.717) is 11.7 Å². The molecule has 1 aromatic carbocycles. The fourth-order valence-electron chi connectivity index (χ4n) is 1.77. The highest BCUT2D eigenvalue weighted by atomic mass is 16.5. The molecular weight excluding hydrogens is 252 g/mol. The predicted octanol–water partition coefficient (Wildman–Crippen LogP) is 3.24. The molecule has 0 atom stereocenters. The molecule has 0 amide bonds. The van der Waals surface area contributed by atoms with Gasteiger partial charge in [0.05, 0.1) is 0 Å². The van der Waals surface area contributed by atoms with Crippen molar-refractivity contribution in [3.05, 3.63) is 42.2 Å². The van der Waals surface area contributed by atoms with Gasteiger partial charge in [-0.05, 0) is 29.5 Å². The van der Waals surface area contributed by atoms with E-state index in [2.05, 4.69) is 48.3 Å². The molecule has 106 valence electrons. The number of nitrogen functional groups attached to an aromatic ring is 1. The van der Waals surface area contributed by atoms with Crippen LogP contribution in [0.15, 0.2) is 36.7 Å². The normalized spacial score (nSPS) is 11.2. The van der Waals surface area contributed by atoms with Crippen LogP contribution in [0.2, 0.25) is 0 Å². The molecule has 5 heteroatoms. The molecule has 0 saturated heterocycles. The Bertz CT molecular complexity index is 566. The zero-order valence-electron chi connectivity index (χ0n) is 12.1. The Morgan fingerprint density at radius 3 is 2.50 bits per heavy atom. The Kier molecular flexibility index (Phi) is 4.20. The lowest BCUT2D eigenvalue weighted by molar-refractivity contribution is 0.459. The summed E-state index contributed by atoms with van der Waals surface area (Å²) in [6.45, 7) is 6.64. The van der Waals surface area contributed by atoms with Crippen LogP contribution in [0.1, 0.15) is 32.8 Å². The molecule has 0 spiro atoms. The standard InChI is InChI=1S/C15H20N4O/c1-4-15(2,3)11-5-7-12(8-6-11)20-14-9-13(19-16)17-10-18-14/h5-10H,4,16H2,1-3H3,(H,17,18,19). The van der Waals surface area contributed by atoms with Gasteiger partial charge in [0.15, 0.2) is 0 Å². The summed E-state index contributed by atoms with van der Waals surface area (Å²) in [4.78, 5) is 7.97. The third-order valence-corrected chi connectivity index (χ3v) is 3.53. The maximum absolute atomic E-state index is 5.68. The molecule has 1 aromatic heterocycles. The molecule has 0 aliphatic carbocycles. The van der Waals surface area contributed by atoms with Gasteiger partial charge in [-0.3, -0.25) is 0 Å². The van der Waals surface area contributed by atoms with E-state index in [-0.39, 0.29) is 5.41 Å². The first-order valence-corrected chi connectivity index (χ1v) is 6.62. The number of anilines is 1. The fourth-order valence-corrected chi connectivity index (χ4v) is 1.77. The van der Waals surface area contributed by atoms with Gasteiger partial charge in [0.1, 0.15) is 17.9 Å². The minimum absolute atomic E-state index is 0.171. The number of ether oxygens (including phenoxy) is 1. The van der Waals surface area contributed by atoms with Gasteiger partial charge in [0, 0.05) is 6.07 Å². The SMILES string of the molecule is CCC(C)(C)c1ccc(Oc2cc(NN)ncn2)cc1. The monoisotopic (exact) mass is 272 g/mol. The van der Waals surface area contributed by atoms with Crippen LogP contribution in [0.5, 0.6) is 11.6 Å². The second kappa shape index (κ2) is 5.88. The maximum atomic E-state index is 5.68. The smallest absolute Gasteiger partial charge is 0.224 e. The van der Waals surface area contributed by atoms with Crippen molar-refractivity contribution in [2.24, 2.45) is 5.84 Å². The fraction of sp³-hybridized carbons (Fsp3) is 0.333. The van der Waals surface area contributed by atoms with Crippen LogP contribution >= 0.6 is 0 Å². The molecule has 0 fully saturated rings. The van der Waals surface area contributed by atoms with Crippen LogP contribution in [-0.4, -0.2) is 9.97 Å². The van der Waals surface area contributed by atoms with Crippen LogP contribution in [-0.2, 0) is 5.41 Å². The number of nitrogens with two attached hydrogens (primary N) is 1. The Labute approximate surface area is 119 Å². The van der Waals surface area contributed by atoms with Crippen molar-refractivity contribution in [1.29, 1.82) is 0 Å². The number of hydrogen-bond acceptors (Lipinski definition) is 5. The zero-order chi connectivity index (χ0) is 14.6. The van der Waals surface area contributed by atoms with Crippen molar-refractivity contribution in [2.45, 2.75) is 32.6 Å². The highest BCUT2D eigenvalue weighted by Crippen LogP contribution is 2.29. The van der Waals surface area contributed by atoms with E-state index in [1.807, 2.05) is 12.1 Å². The van der Waals surface area contributed by atoms with Gasteiger partial charge >= 0.3 is 0 Å². The van der Waals surface area contributed by atoms with Crippen LogP contribution in [0.3, 0.4) is 0 Å². The number of hydrazine groups is 1. The van der Waals surface area contributed by atoms with Crippen molar-refractivity contribution in [2.75, 3.05) is 5.43 Å². The van der Waals surface area contributed by atoms with Gasteiger partial charge in [-0.15, -0.1) is 0 Å². The predicted molar refractivity (Wildman–Crippen MR) is 79.7 cm³/mol. The van der Waals surface area contributed by atoms with Crippen molar-refractivity contribution in [1.82, 2.24) is 9.97 Å². The molecule has 0 radical (unpaired) electrons. The third-order valence-electron chi connectivity index (χ3n) is 3.53. The maximum Gasteiger partial charge on any atom is 0.224 e. The topological polar surface area (TPSA) is 73.1 Å². The number of nitrogens with zero attached hydrogens (tertiary/aromatic N) is 2. The largest absolute Gasteiger partial charge is 0.439 e. The van der Waals surface area contributed by atoms with Gasteiger partial charge in [-0.25, -0.2) is 15.8 Å². The van der Waals surface area contributed by atoms with E-state index in [9.17, 15) is 0 Å². The Morgan fingerprint density at radius 2 is 1.90 bits per heavy atom. The van der Waals surface area contributed by atoms with E-state index in [1.54, 1.807) is 6.07 Å². The molecule has 0 unspecified atom stereocenters. The van der Waals surface area contributed by atoms with Gasteiger partial charge in [0.25, 0.3) is 0 Å². The first kappa shape index (κ1) is 14.3. The minimum atomic E-state index is 0.171. The van der Waals surface area contributed by atoms with Gasteiger partial charge in [-0.1, -0.05) is 32.9 Å². The molecule has 3 N–H and O–H groups in total. The summed E-state index contributed by atoms with van der Waals surface area (Å²) in [5.41, 5.74) is 3.92. The summed E-state index contributed by atoms with van der Waals surface area (Å²) < 4.78 is 5.68. The van der Waals surface area contributed by atoms with Gasteiger partial charge in [-0.2, -0.15) is 0 Å². The van der Waals surface area contributed by atoms with Gasteiger partial charge in [0.2, 0.25) is 5.88 Å². The second-order valence-corrected chi connectivity index (χ2v) is 5.25. The van der Waals surface area contributed by atoms with E-state index in [4.69, 9.17) is 10.6 Å². The highest BCUT2D eigenvalue weighted by Gasteiger charge is 2.17. The molecule has 2 aromatic rings. The summed E-state index contributed by atoms with van der Waals surface area (Å²) in [7, 11) is 0. The Morgan fingerprint density at radius 1 is 1.20 bits per heavy atom. The van der Waals surface area contributed by atoms with Crippen molar-refractivity contribution in [3.63, 3.8) is 0 Å². The molecule has 1 heterocycles. The first-order chi connectivity index (χ1) is 9.55. The molecule has 0 bridgehead atoms. The van der Waals surface area contributed by atoms with Crippen LogP contribution in [0, 0.1) is 0 Å². The van der Waals surface area contributed by atoms with Crippen LogP contribution < -0.4 is 16.0 Å². The minimum Gasteiger partial charge on any atom is -0.439 e. The summed E-state index contributed by atoms with van der Waals surface area (Å²) >= 11 is 0. The van der Waals surface area contributed by atoms with E-state index in [0.717, 1.165) is 12.2 Å². The highest BCUT2D eigenvalue weighted by molar-refractivity contribution is 5.38. The Hall–Kier alpha value is -2.14. The molecule has 0 aliphatic rings. The number of hydrogen-bond donors (Lipinski definition) is 2. The van der Waals surface area contributed by atoms with Crippen LogP contribution in [0.25, 0.3) is 0 Å². The molecule has 2 rings (SSSR count). The average molecular weight is 272 g/mol. The van der Waals surface area contributed by atoms with Crippen LogP contribution in [0.4, 0.5) is 5.82 Å². The lowest BCUT2D eigenvalue weighted by atomic mass is 9.82. The molecular formula is C15H20N4O. The number of benzene rings is 1. The Balaban J connectivity index is 2.14. The van der Waals surface area contributed by atoms with E-state index in [1.165, 1.54) is 11.9 Å². The number of aromatic nitrogens is 2. The molecule has 0 saturated carbocycles. The second-order valence-electron chi connectivity index (χ2n) is 5.25. The number of rotatable bonds is 5. The summed E-state index contributed by atoms with van der Waals surface area (Å²) in [6, 6.07) is 9.71. The first-order valence-electron chi connectivity index (χ1n) is 6.62. The molecule has 20 heavy (non-hydrogen) atoms. The van der Waals surface area contributed by atoms with Gasteiger partial charge < -0.3 is 10.2 Å². The molecule has 0 aliphatic heterocycles. The summed E-state index contributed by atoms with van der Waals surface area (Å²) in [6.07, 6.45) is 2.49. The third kappa shape index (κ3) is 3.24. The van der Waals surface area contributed by atoms with Crippen molar-refractivity contribution < 1.29 is 4.74 Å². The summed E-state index contributed by atoms with van der Waals surface area (Å²) in [5, 5.41) is 0. The van der Waals surface area contributed by atoms with E-state index < -0.39 is 0 Å².